The maximum Gasteiger partial charge on any atom is 0.250 e. The van der Waals surface area contributed by atoms with E-state index in [-0.39, 0.29) is 11.8 Å². The lowest BCUT2D eigenvalue weighted by Crippen LogP contribution is -2.49. The molecular weight excluding hydrogens is 338 g/mol. The minimum atomic E-state index is -1.27. The summed E-state index contributed by atoms with van der Waals surface area (Å²) in [5.41, 5.74) is 1.89. The molecule has 0 spiro atoms. The van der Waals surface area contributed by atoms with Gasteiger partial charge in [-0.3, -0.25) is 14.4 Å². The van der Waals surface area contributed by atoms with E-state index >= 15 is 0 Å². The van der Waals surface area contributed by atoms with Gasteiger partial charge in [0.2, 0.25) is 17.7 Å². The third-order valence-electron chi connectivity index (χ3n) is 3.78. The van der Waals surface area contributed by atoms with Gasteiger partial charge in [0.1, 0.15) is 0 Å². The molecule has 7 heteroatoms. The monoisotopic (exact) mass is 355 g/mol. The summed E-state index contributed by atoms with van der Waals surface area (Å²) < 4.78 is -1.27. The Hall–Kier alpha value is -2.80. The molecular formula is C18H17N3O3S. The van der Waals surface area contributed by atoms with E-state index in [2.05, 4.69) is 16.0 Å². The third kappa shape index (κ3) is 3.51. The van der Waals surface area contributed by atoms with Gasteiger partial charge in [0.15, 0.2) is 4.75 Å². The van der Waals surface area contributed by atoms with E-state index in [4.69, 9.17) is 0 Å². The summed E-state index contributed by atoms with van der Waals surface area (Å²) in [5, 5.41) is 8.19. The number of para-hydroxylation sites is 1. The number of benzene rings is 2. The van der Waals surface area contributed by atoms with Gasteiger partial charge in [-0.05, 0) is 43.3 Å². The average molecular weight is 355 g/mol. The molecule has 2 aromatic carbocycles. The van der Waals surface area contributed by atoms with Crippen LogP contribution in [0.1, 0.15) is 13.8 Å². The van der Waals surface area contributed by atoms with Crippen molar-refractivity contribution in [3.05, 3.63) is 48.5 Å². The molecule has 0 radical (unpaired) electrons. The van der Waals surface area contributed by atoms with E-state index in [0.29, 0.717) is 17.1 Å². The second-order valence-electron chi connectivity index (χ2n) is 5.80. The lowest BCUT2D eigenvalue weighted by atomic mass is 10.1. The fourth-order valence-electron chi connectivity index (χ4n) is 2.41. The molecule has 3 N–H and O–H groups in total. The Morgan fingerprint density at radius 2 is 1.60 bits per heavy atom. The van der Waals surface area contributed by atoms with Crippen molar-refractivity contribution in [1.82, 2.24) is 0 Å². The Labute approximate surface area is 149 Å². The van der Waals surface area contributed by atoms with E-state index in [1.54, 1.807) is 37.3 Å². The molecule has 0 saturated carbocycles. The first-order valence-electron chi connectivity index (χ1n) is 7.67. The standard InChI is InChI=1S/C18H17N3O3S/c1-11(22)19-12-7-9-13(10-8-12)20-16(23)18(2)17(24)21-14-5-3-4-6-15(14)25-18/h3-10H,1-2H3,(H,19,22)(H,20,23)(H,21,24). The maximum absolute atomic E-state index is 12.7. The summed E-state index contributed by atoms with van der Waals surface area (Å²) in [6, 6.07) is 14.1. The van der Waals surface area contributed by atoms with Crippen LogP contribution < -0.4 is 16.0 Å². The van der Waals surface area contributed by atoms with Crippen LogP contribution in [0.15, 0.2) is 53.4 Å². The Kier molecular flexibility index (Phi) is 4.50. The van der Waals surface area contributed by atoms with Crippen LogP contribution in [-0.2, 0) is 14.4 Å². The quantitative estimate of drug-likeness (QED) is 0.739. The Morgan fingerprint density at radius 1 is 1.00 bits per heavy atom. The second-order valence-corrected chi connectivity index (χ2v) is 7.26. The van der Waals surface area contributed by atoms with Crippen molar-refractivity contribution in [3.63, 3.8) is 0 Å². The number of carbonyl (C=O) groups excluding carboxylic acids is 3. The highest BCUT2D eigenvalue weighted by atomic mass is 32.2. The highest BCUT2D eigenvalue weighted by Gasteiger charge is 2.45. The predicted molar refractivity (Wildman–Crippen MR) is 98.7 cm³/mol. The van der Waals surface area contributed by atoms with Gasteiger partial charge in [-0.15, -0.1) is 0 Å². The summed E-state index contributed by atoms with van der Waals surface area (Å²) in [5.74, 6) is -0.932. The topological polar surface area (TPSA) is 87.3 Å². The highest BCUT2D eigenvalue weighted by Crippen LogP contribution is 2.42. The predicted octanol–water partition coefficient (Wildman–Crippen LogP) is 3.09. The van der Waals surface area contributed by atoms with Gasteiger partial charge in [-0.1, -0.05) is 23.9 Å². The third-order valence-corrected chi connectivity index (χ3v) is 5.13. The SMILES string of the molecule is CC(=O)Nc1ccc(NC(=O)C2(C)Sc3ccccc3NC2=O)cc1. The number of carbonyl (C=O) groups is 3. The zero-order chi connectivity index (χ0) is 18.0. The lowest BCUT2D eigenvalue weighted by molar-refractivity contribution is -0.126. The maximum atomic E-state index is 12.7. The van der Waals surface area contributed by atoms with Gasteiger partial charge in [0.05, 0.1) is 5.69 Å². The number of thioether (sulfide) groups is 1. The smallest absolute Gasteiger partial charge is 0.250 e. The van der Waals surface area contributed by atoms with Gasteiger partial charge in [-0.25, -0.2) is 0 Å². The van der Waals surface area contributed by atoms with Crippen LogP contribution in [0.2, 0.25) is 0 Å². The van der Waals surface area contributed by atoms with Gasteiger partial charge < -0.3 is 16.0 Å². The molecule has 0 saturated heterocycles. The van der Waals surface area contributed by atoms with E-state index in [9.17, 15) is 14.4 Å². The molecule has 0 bridgehead atoms. The number of amides is 3. The van der Waals surface area contributed by atoms with Crippen molar-refractivity contribution in [2.45, 2.75) is 23.5 Å². The fraction of sp³-hybridized carbons (Fsp3) is 0.167. The molecule has 1 atom stereocenters. The number of hydrogen-bond acceptors (Lipinski definition) is 4. The van der Waals surface area contributed by atoms with Gasteiger partial charge in [0.25, 0.3) is 0 Å². The number of hydrogen-bond donors (Lipinski definition) is 3. The summed E-state index contributed by atoms with van der Waals surface area (Å²) in [6.07, 6.45) is 0. The zero-order valence-electron chi connectivity index (χ0n) is 13.8. The molecule has 6 nitrogen and oxygen atoms in total. The van der Waals surface area contributed by atoms with E-state index < -0.39 is 10.7 Å². The summed E-state index contributed by atoms with van der Waals surface area (Å²) in [6.45, 7) is 3.03. The van der Waals surface area contributed by atoms with Crippen LogP contribution in [0.4, 0.5) is 17.1 Å². The molecule has 2 aromatic rings. The van der Waals surface area contributed by atoms with Crippen LogP contribution in [0.25, 0.3) is 0 Å². The molecule has 0 fully saturated rings. The molecule has 0 aliphatic carbocycles. The van der Waals surface area contributed by atoms with Gasteiger partial charge >= 0.3 is 0 Å². The number of nitrogens with one attached hydrogen (secondary N) is 3. The first-order chi connectivity index (χ1) is 11.9. The summed E-state index contributed by atoms with van der Waals surface area (Å²) in [4.78, 5) is 37.0. The molecule has 1 heterocycles. The van der Waals surface area contributed by atoms with Crippen LogP contribution in [0.3, 0.4) is 0 Å². The molecule has 1 unspecified atom stereocenters. The van der Waals surface area contributed by atoms with Crippen molar-refractivity contribution >= 4 is 46.5 Å². The molecule has 3 amide bonds. The molecule has 128 valence electrons. The van der Waals surface area contributed by atoms with Gasteiger partial charge in [0, 0.05) is 23.2 Å². The second kappa shape index (κ2) is 6.60. The van der Waals surface area contributed by atoms with Crippen LogP contribution >= 0.6 is 11.8 Å². The fourth-order valence-corrected chi connectivity index (χ4v) is 3.51. The normalized spacial score (nSPS) is 18.7. The van der Waals surface area contributed by atoms with Crippen LogP contribution in [0.5, 0.6) is 0 Å². The van der Waals surface area contributed by atoms with E-state index in [1.807, 2.05) is 18.2 Å². The van der Waals surface area contributed by atoms with E-state index in [0.717, 1.165) is 4.90 Å². The summed E-state index contributed by atoms with van der Waals surface area (Å²) >= 11 is 1.23. The number of anilines is 3. The Bertz CT molecular complexity index is 851. The van der Waals surface area contributed by atoms with Crippen molar-refractivity contribution in [2.75, 3.05) is 16.0 Å². The molecule has 25 heavy (non-hydrogen) atoms. The van der Waals surface area contributed by atoms with E-state index in [1.165, 1.54) is 18.7 Å². The Balaban J connectivity index is 1.76. The molecule has 1 aliphatic heterocycles. The average Bonchev–Trinajstić information content (AvgIpc) is 2.57. The number of fused-ring (bicyclic) bond motifs is 1. The first kappa shape index (κ1) is 17.0. The van der Waals surface area contributed by atoms with Crippen LogP contribution in [-0.4, -0.2) is 22.5 Å². The van der Waals surface area contributed by atoms with Crippen LogP contribution in [0, 0.1) is 0 Å². The number of rotatable bonds is 3. The molecule has 0 aromatic heterocycles. The molecule has 3 rings (SSSR count). The highest BCUT2D eigenvalue weighted by molar-refractivity contribution is 8.02. The minimum absolute atomic E-state index is 0.168. The first-order valence-corrected chi connectivity index (χ1v) is 8.49. The summed E-state index contributed by atoms with van der Waals surface area (Å²) in [7, 11) is 0. The van der Waals surface area contributed by atoms with Crippen molar-refractivity contribution in [1.29, 1.82) is 0 Å². The zero-order valence-corrected chi connectivity index (χ0v) is 14.6. The van der Waals surface area contributed by atoms with Crippen molar-refractivity contribution in [2.24, 2.45) is 0 Å². The van der Waals surface area contributed by atoms with Gasteiger partial charge in [-0.2, -0.15) is 0 Å². The largest absolute Gasteiger partial charge is 0.326 e. The van der Waals surface area contributed by atoms with Crippen molar-refractivity contribution < 1.29 is 14.4 Å². The van der Waals surface area contributed by atoms with Crippen molar-refractivity contribution in [3.8, 4) is 0 Å². The minimum Gasteiger partial charge on any atom is -0.326 e. The molecule has 1 aliphatic rings. The Morgan fingerprint density at radius 3 is 2.24 bits per heavy atom. The lowest BCUT2D eigenvalue weighted by Gasteiger charge is -2.31.